The van der Waals surface area contributed by atoms with Gasteiger partial charge in [0.05, 0.1) is 0 Å². The molecule has 19 heavy (non-hydrogen) atoms. The third kappa shape index (κ3) is 3.46. The van der Waals surface area contributed by atoms with E-state index < -0.39 is 6.10 Å². The minimum Gasteiger partial charge on any atom is -0.384 e. The molecule has 0 aliphatic heterocycles. The van der Waals surface area contributed by atoms with Gasteiger partial charge in [-0.1, -0.05) is 65.7 Å². The molecule has 0 amide bonds. The summed E-state index contributed by atoms with van der Waals surface area (Å²) in [6.07, 6.45) is 1.68. The van der Waals surface area contributed by atoms with Crippen LogP contribution in [0.3, 0.4) is 0 Å². The molecular formula is C17H19BrO. The zero-order chi connectivity index (χ0) is 13.8. The van der Waals surface area contributed by atoms with E-state index in [9.17, 15) is 5.11 Å². The second-order valence-corrected chi connectivity index (χ2v) is 5.76. The average molecular weight is 319 g/mol. The van der Waals surface area contributed by atoms with Crippen LogP contribution in [0.1, 0.15) is 41.7 Å². The van der Waals surface area contributed by atoms with E-state index in [0.29, 0.717) is 0 Å². The maximum atomic E-state index is 10.4. The van der Waals surface area contributed by atoms with Gasteiger partial charge in [-0.25, -0.2) is 0 Å². The van der Waals surface area contributed by atoms with E-state index in [4.69, 9.17) is 0 Å². The number of aliphatic hydroxyl groups is 1. The molecule has 2 aromatic carbocycles. The first kappa shape index (κ1) is 14.3. The second-order valence-electron chi connectivity index (χ2n) is 4.90. The first-order valence-corrected chi connectivity index (χ1v) is 7.44. The summed E-state index contributed by atoms with van der Waals surface area (Å²) in [5.74, 6) is 0. The average Bonchev–Trinajstić information content (AvgIpc) is 2.42. The molecule has 2 aromatic rings. The van der Waals surface area contributed by atoms with Crippen LogP contribution in [0.25, 0.3) is 0 Å². The summed E-state index contributed by atoms with van der Waals surface area (Å²) in [5.41, 5.74) is 4.34. The van der Waals surface area contributed by atoms with Crippen LogP contribution in [0.4, 0.5) is 0 Å². The molecule has 1 atom stereocenters. The molecule has 1 nitrogen and oxygen atoms in total. The molecule has 0 bridgehead atoms. The van der Waals surface area contributed by atoms with Crippen LogP contribution in [0.15, 0.2) is 46.9 Å². The zero-order valence-corrected chi connectivity index (χ0v) is 12.9. The van der Waals surface area contributed by atoms with Gasteiger partial charge in [0.2, 0.25) is 0 Å². The van der Waals surface area contributed by atoms with Crippen molar-refractivity contribution >= 4 is 15.9 Å². The Bertz CT molecular complexity index is 546. The smallest absolute Gasteiger partial charge is 0.104 e. The Labute approximate surface area is 123 Å². The molecule has 2 heteroatoms. The van der Waals surface area contributed by atoms with Crippen molar-refractivity contribution in [2.45, 2.75) is 32.8 Å². The van der Waals surface area contributed by atoms with E-state index in [1.54, 1.807) is 0 Å². The lowest BCUT2D eigenvalue weighted by atomic mass is 9.98. The van der Waals surface area contributed by atoms with Gasteiger partial charge >= 0.3 is 0 Å². The van der Waals surface area contributed by atoms with Gasteiger partial charge in [0.15, 0.2) is 0 Å². The van der Waals surface area contributed by atoms with Crippen molar-refractivity contribution in [1.29, 1.82) is 0 Å². The fraction of sp³-hybridized carbons (Fsp3) is 0.294. The van der Waals surface area contributed by atoms with Crippen molar-refractivity contribution in [3.8, 4) is 0 Å². The molecule has 2 rings (SSSR count). The fourth-order valence-electron chi connectivity index (χ4n) is 2.19. The Morgan fingerprint density at radius 1 is 1.05 bits per heavy atom. The molecule has 1 N–H and O–H groups in total. The maximum Gasteiger partial charge on any atom is 0.104 e. The molecule has 0 radical (unpaired) electrons. The highest BCUT2D eigenvalue weighted by atomic mass is 79.9. The van der Waals surface area contributed by atoms with Crippen molar-refractivity contribution in [2.75, 3.05) is 0 Å². The Hall–Kier alpha value is -1.12. The number of rotatable bonds is 4. The Balaban J connectivity index is 2.22. The Kier molecular flexibility index (Phi) is 4.78. The highest BCUT2D eigenvalue weighted by Gasteiger charge is 2.11. The highest BCUT2D eigenvalue weighted by molar-refractivity contribution is 9.10. The van der Waals surface area contributed by atoms with Crippen LogP contribution >= 0.6 is 15.9 Å². The van der Waals surface area contributed by atoms with Crippen molar-refractivity contribution in [1.82, 2.24) is 0 Å². The molecule has 0 aliphatic rings. The van der Waals surface area contributed by atoms with Crippen molar-refractivity contribution in [2.24, 2.45) is 0 Å². The number of aryl methyl sites for hydroxylation is 2. The van der Waals surface area contributed by atoms with Crippen LogP contribution < -0.4 is 0 Å². The SMILES string of the molecule is CCCc1ccc(C(O)c2ccc(Br)c(C)c2)cc1. The summed E-state index contributed by atoms with van der Waals surface area (Å²) in [5, 5.41) is 10.4. The minimum atomic E-state index is -0.553. The number of hydrogen-bond donors (Lipinski definition) is 1. The van der Waals surface area contributed by atoms with Gasteiger partial charge in [0.1, 0.15) is 6.10 Å². The summed E-state index contributed by atoms with van der Waals surface area (Å²) >= 11 is 3.48. The number of benzene rings is 2. The first-order valence-electron chi connectivity index (χ1n) is 6.64. The largest absolute Gasteiger partial charge is 0.384 e. The van der Waals surface area contributed by atoms with Crippen LogP contribution in [0.2, 0.25) is 0 Å². The van der Waals surface area contributed by atoms with E-state index >= 15 is 0 Å². The summed E-state index contributed by atoms with van der Waals surface area (Å²) in [6, 6.07) is 14.2. The summed E-state index contributed by atoms with van der Waals surface area (Å²) in [4.78, 5) is 0. The van der Waals surface area contributed by atoms with E-state index in [-0.39, 0.29) is 0 Å². The lowest BCUT2D eigenvalue weighted by molar-refractivity contribution is 0.220. The van der Waals surface area contributed by atoms with Crippen molar-refractivity contribution in [3.05, 3.63) is 69.2 Å². The molecule has 0 spiro atoms. The molecule has 0 aliphatic carbocycles. The van der Waals surface area contributed by atoms with E-state index in [2.05, 4.69) is 35.0 Å². The molecule has 1 unspecified atom stereocenters. The molecule has 0 saturated carbocycles. The summed E-state index contributed by atoms with van der Waals surface area (Å²) < 4.78 is 1.07. The van der Waals surface area contributed by atoms with E-state index in [1.807, 2.05) is 37.3 Å². The maximum absolute atomic E-state index is 10.4. The van der Waals surface area contributed by atoms with E-state index in [1.165, 1.54) is 5.56 Å². The molecule has 0 fully saturated rings. The molecular weight excluding hydrogens is 300 g/mol. The van der Waals surface area contributed by atoms with Gasteiger partial charge in [0.25, 0.3) is 0 Å². The van der Waals surface area contributed by atoms with Crippen LogP contribution in [0, 0.1) is 6.92 Å². The van der Waals surface area contributed by atoms with E-state index in [0.717, 1.165) is 34.0 Å². The Morgan fingerprint density at radius 3 is 2.26 bits per heavy atom. The Morgan fingerprint density at radius 2 is 1.68 bits per heavy atom. The van der Waals surface area contributed by atoms with Crippen molar-refractivity contribution < 1.29 is 5.11 Å². The minimum absolute atomic E-state index is 0.553. The van der Waals surface area contributed by atoms with Gasteiger partial charge in [-0.15, -0.1) is 0 Å². The predicted molar refractivity (Wildman–Crippen MR) is 83.4 cm³/mol. The van der Waals surface area contributed by atoms with Crippen LogP contribution in [0.5, 0.6) is 0 Å². The number of halogens is 1. The van der Waals surface area contributed by atoms with Gasteiger partial charge < -0.3 is 5.11 Å². The van der Waals surface area contributed by atoms with Crippen LogP contribution in [-0.2, 0) is 6.42 Å². The molecule has 100 valence electrons. The third-order valence-corrected chi connectivity index (χ3v) is 4.22. The number of aliphatic hydroxyl groups excluding tert-OH is 1. The highest BCUT2D eigenvalue weighted by Crippen LogP contribution is 2.26. The van der Waals surface area contributed by atoms with Crippen molar-refractivity contribution in [3.63, 3.8) is 0 Å². The van der Waals surface area contributed by atoms with Gasteiger partial charge in [0, 0.05) is 4.47 Å². The normalized spacial score (nSPS) is 12.4. The topological polar surface area (TPSA) is 20.2 Å². The second kappa shape index (κ2) is 6.36. The monoisotopic (exact) mass is 318 g/mol. The van der Waals surface area contributed by atoms with Gasteiger partial charge in [-0.2, -0.15) is 0 Å². The standard InChI is InChI=1S/C17H19BrO/c1-3-4-13-5-7-14(8-6-13)17(19)15-9-10-16(18)12(2)11-15/h5-11,17,19H,3-4H2,1-2H3. The van der Waals surface area contributed by atoms with Gasteiger partial charge in [-0.3, -0.25) is 0 Å². The number of hydrogen-bond acceptors (Lipinski definition) is 1. The molecule has 0 saturated heterocycles. The van der Waals surface area contributed by atoms with Gasteiger partial charge in [-0.05, 0) is 41.7 Å². The fourth-order valence-corrected chi connectivity index (χ4v) is 2.43. The summed E-state index contributed by atoms with van der Waals surface area (Å²) in [6.45, 7) is 4.21. The molecule has 0 heterocycles. The molecule has 0 aromatic heterocycles. The predicted octanol–water partition coefficient (Wildman–Crippen LogP) is 4.79. The quantitative estimate of drug-likeness (QED) is 0.859. The zero-order valence-electron chi connectivity index (χ0n) is 11.4. The summed E-state index contributed by atoms with van der Waals surface area (Å²) in [7, 11) is 0. The lowest BCUT2D eigenvalue weighted by Gasteiger charge is -2.13. The first-order chi connectivity index (χ1) is 9.11. The van der Waals surface area contributed by atoms with Crippen LogP contribution in [-0.4, -0.2) is 5.11 Å². The third-order valence-electron chi connectivity index (χ3n) is 3.33. The lowest BCUT2D eigenvalue weighted by Crippen LogP contribution is -2.00.